The number of thiophene rings is 1. The molecule has 1 N–H and O–H groups in total. The van der Waals surface area contributed by atoms with E-state index in [4.69, 9.17) is 6.42 Å². The second-order valence-electron chi connectivity index (χ2n) is 4.37. The molecule has 0 saturated carbocycles. The van der Waals surface area contributed by atoms with Gasteiger partial charge in [0.1, 0.15) is 5.54 Å². The molecule has 0 saturated heterocycles. The first-order valence-corrected chi connectivity index (χ1v) is 8.07. The maximum absolute atomic E-state index is 12.3. The first kappa shape index (κ1) is 12.4. The SMILES string of the molecule is C#CCC1(c2cccs2)NS(=O)(=O)c2ccccc21. The zero-order chi connectivity index (χ0) is 13.5. The highest BCUT2D eigenvalue weighted by atomic mass is 32.2. The van der Waals surface area contributed by atoms with E-state index in [0.29, 0.717) is 11.3 Å². The molecule has 19 heavy (non-hydrogen) atoms. The zero-order valence-corrected chi connectivity index (χ0v) is 11.6. The van der Waals surface area contributed by atoms with E-state index in [-0.39, 0.29) is 0 Å². The summed E-state index contributed by atoms with van der Waals surface area (Å²) in [6.07, 6.45) is 5.76. The van der Waals surface area contributed by atoms with E-state index < -0.39 is 15.6 Å². The number of sulfonamides is 1. The van der Waals surface area contributed by atoms with E-state index >= 15 is 0 Å². The maximum Gasteiger partial charge on any atom is 0.242 e. The second-order valence-corrected chi connectivity index (χ2v) is 6.96. The molecule has 5 heteroatoms. The highest BCUT2D eigenvalue weighted by Crippen LogP contribution is 2.44. The number of rotatable bonds is 2. The lowest BCUT2D eigenvalue weighted by molar-refractivity contribution is 0.505. The van der Waals surface area contributed by atoms with Gasteiger partial charge in [0.25, 0.3) is 0 Å². The van der Waals surface area contributed by atoms with Crippen LogP contribution in [0, 0.1) is 12.3 Å². The van der Waals surface area contributed by atoms with Gasteiger partial charge in [-0.05, 0) is 23.1 Å². The highest BCUT2D eigenvalue weighted by molar-refractivity contribution is 7.90. The van der Waals surface area contributed by atoms with Crippen molar-refractivity contribution in [2.45, 2.75) is 16.9 Å². The first-order chi connectivity index (χ1) is 9.10. The van der Waals surface area contributed by atoms with E-state index in [1.807, 2.05) is 29.6 Å². The molecule has 0 radical (unpaired) electrons. The fraction of sp³-hybridized carbons (Fsp3) is 0.143. The molecule has 0 bridgehead atoms. The predicted molar refractivity (Wildman–Crippen MR) is 75.3 cm³/mol. The van der Waals surface area contributed by atoms with Gasteiger partial charge in [-0.2, -0.15) is 4.72 Å². The Bertz CT molecular complexity index is 757. The third-order valence-electron chi connectivity index (χ3n) is 3.25. The Morgan fingerprint density at radius 2 is 2.05 bits per heavy atom. The summed E-state index contributed by atoms with van der Waals surface area (Å²) in [6.45, 7) is 0. The molecule has 0 amide bonds. The van der Waals surface area contributed by atoms with Crippen LogP contribution in [-0.2, 0) is 15.6 Å². The standard InChI is InChI=1S/C14H11NO2S2/c1-2-9-14(13-8-5-10-18-13)11-6-3-4-7-12(11)19(16,17)15-14/h1,3-8,10,15H,9H2. The minimum atomic E-state index is -3.50. The molecular weight excluding hydrogens is 278 g/mol. The molecule has 1 unspecified atom stereocenters. The Hall–Kier alpha value is -1.61. The molecule has 1 aliphatic rings. The van der Waals surface area contributed by atoms with Gasteiger partial charge < -0.3 is 0 Å². The molecule has 3 rings (SSSR count). The summed E-state index contributed by atoms with van der Waals surface area (Å²) in [5.74, 6) is 2.60. The summed E-state index contributed by atoms with van der Waals surface area (Å²) < 4.78 is 27.3. The Morgan fingerprint density at radius 3 is 2.74 bits per heavy atom. The van der Waals surface area contributed by atoms with Crippen LogP contribution >= 0.6 is 11.3 Å². The predicted octanol–water partition coefficient (Wildman–Crippen LogP) is 2.31. The number of nitrogens with one attached hydrogen (secondary N) is 1. The molecule has 1 aromatic heterocycles. The smallest absolute Gasteiger partial charge is 0.207 e. The number of hydrogen-bond acceptors (Lipinski definition) is 3. The lowest BCUT2D eigenvalue weighted by Gasteiger charge is -2.26. The van der Waals surface area contributed by atoms with E-state index in [1.165, 1.54) is 11.3 Å². The van der Waals surface area contributed by atoms with Crippen LogP contribution < -0.4 is 4.72 Å². The molecule has 1 aliphatic heterocycles. The molecule has 96 valence electrons. The van der Waals surface area contributed by atoms with Crippen LogP contribution in [0.2, 0.25) is 0 Å². The normalized spacial score (nSPS) is 23.7. The summed E-state index contributed by atoms with van der Waals surface area (Å²) in [7, 11) is -3.50. The lowest BCUT2D eigenvalue weighted by atomic mass is 9.86. The number of fused-ring (bicyclic) bond motifs is 1. The Balaban J connectivity index is 2.33. The average molecular weight is 289 g/mol. The fourth-order valence-corrected chi connectivity index (χ4v) is 5.08. The van der Waals surface area contributed by atoms with Gasteiger partial charge in [0.05, 0.1) is 4.90 Å². The zero-order valence-electron chi connectivity index (χ0n) is 9.96. The molecule has 3 nitrogen and oxygen atoms in total. The van der Waals surface area contributed by atoms with Gasteiger partial charge in [0, 0.05) is 11.3 Å². The first-order valence-electron chi connectivity index (χ1n) is 5.71. The summed E-state index contributed by atoms with van der Waals surface area (Å²) in [6, 6.07) is 10.8. The van der Waals surface area contributed by atoms with Crippen LogP contribution in [0.1, 0.15) is 16.9 Å². The minimum Gasteiger partial charge on any atom is -0.207 e. The van der Waals surface area contributed by atoms with Crippen LogP contribution in [0.25, 0.3) is 0 Å². The average Bonchev–Trinajstić information content (AvgIpc) is 2.98. The van der Waals surface area contributed by atoms with Gasteiger partial charge in [-0.25, -0.2) is 8.42 Å². The summed E-state index contributed by atoms with van der Waals surface area (Å²) >= 11 is 1.50. The lowest BCUT2D eigenvalue weighted by Crippen LogP contribution is -2.39. The topological polar surface area (TPSA) is 46.2 Å². The number of hydrogen-bond donors (Lipinski definition) is 1. The Kier molecular flexibility index (Phi) is 2.75. The molecule has 1 aromatic carbocycles. The van der Waals surface area contributed by atoms with Gasteiger partial charge in [-0.1, -0.05) is 24.3 Å². The van der Waals surface area contributed by atoms with Crippen molar-refractivity contribution in [3.8, 4) is 12.3 Å². The summed E-state index contributed by atoms with van der Waals surface area (Å²) in [4.78, 5) is 1.23. The van der Waals surface area contributed by atoms with Crippen LogP contribution in [-0.4, -0.2) is 8.42 Å². The van der Waals surface area contributed by atoms with Gasteiger partial charge in [-0.15, -0.1) is 23.7 Å². The van der Waals surface area contributed by atoms with Crippen molar-refractivity contribution >= 4 is 21.4 Å². The minimum absolute atomic E-state index is 0.295. The van der Waals surface area contributed by atoms with Crippen molar-refractivity contribution in [3.63, 3.8) is 0 Å². The van der Waals surface area contributed by atoms with Crippen molar-refractivity contribution in [1.82, 2.24) is 4.72 Å². The highest BCUT2D eigenvalue weighted by Gasteiger charge is 2.47. The van der Waals surface area contributed by atoms with Crippen molar-refractivity contribution in [2.75, 3.05) is 0 Å². The Labute approximate surface area is 116 Å². The summed E-state index contributed by atoms with van der Waals surface area (Å²) in [5.41, 5.74) is -0.0892. The molecule has 2 aromatic rings. The molecule has 0 fully saturated rings. The van der Waals surface area contributed by atoms with Crippen LogP contribution in [0.3, 0.4) is 0 Å². The fourth-order valence-electron chi connectivity index (χ4n) is 2.47. The van der Waals surface area contributed by atoms with Crippen LogP contribution in [0.5, 0.6) is 0 Å². The molecule has 2 heterocycles. The van der Waals surface area contributed by atoms with Crippen molar-refractivity contribution in [2.24, 2.45) is 0 Å². The van der Waals surface area contributed by atoms with Crippen molar-refractivity contribution < 1.29 is 8.42 Å². The third kappa shape index (κ3) is 1.72. The monoisotopic (exact) mass is 289 g/mol. The Morgan fingerprint density at radius 1 is 1.26 bits per heavy atom. The van der Waals surface area contributed by atoms with Crippen LogP contribution in [0.4, 0.5) is 0 Å². The molecule has 1 atom stereocenters. The van der Waals surface area contributed by atoms with Gasteiger partial charge in [-0.3, -0.25) is 0 Å². The maximum atomic E-state index is 12.3. The molecule has 0 spiro atoms. The van der Waals surface area contributed by atoms with Crippen LogP contribution in [0.15, 0.2) is 46.7 Å². The molecule has 0 aliphatic carbocycles. The largest absolute Gasteiger partial charge is 0.242 e. The van der Waals surface area contributed by atoms with Gasteiger partial charge >= 0.3 is 0 Å². The van der Waals surface area contributed by atoms with Gasteiger partial charge in [0.2, 0.25) is 10.0 Å². The second kappa shape index (κ2) is 4.20. The quantitative estimate of drug-likeness (QED) is 0.862. The number of terminal acetylenes is 1. The van der Waals surface area contributed by atoms with E-state index in [2.05, 4.69) is 10.6 Å². The molecular formula is C14H11NO2S2. The van der Waals surface area contributed by atoms with Crippen molar-refractivity contribution in [1.29, 1.82) is 0 Å². The van der Waals surface area contributed by atoms with E-state index in [9.17, 15) is 8.42 Å². The van der Waals surface area contributed by atoms with E-state index in [1.54, 1.807) is 12.1 Å². The third-order valence-corrected chi connectivity index (χ3v) is 5.84. The van der Waals surface area contributed by atoms with Gasteiger partial charge in [0.15, 0.2) is 0 Å². The number of benzene rings is 1. The van der Waals surface area contributed by atoms with E-state index in [0.717, 1.165) is 10.4 Å². The summed E-state index contributed by atoms with van der Waals surface area (Å²) in [5, 5.41) is 1.92. The van der Waals surface area contributed by atoms with Crippen molar-refractivity contribution in [3.05, 3.63) is 52.2 Å².